The van der Waals surface area contributed by atoms with E-state index >= 15 is 0 Å². The molecule has 1 atom stereocenters. The minimum Gasteiger partial charge on any atom is -0.368 e. The van der Waals surface area contributed by atoms with Crippen molar-refractivity contribution >= 4 is 11.8 Å². The zero-order chi connectivity index (χ0) is 17.6. The first kappa shape index (κ1) is 17.0. The molecule has 2 N–H and O–H groups in total. The smallest absolute Gasteiger partial charge is 0.274 e. The van der Waals surface area contributed by atoms with E-state index in [1.165, 1.54) is 29.1 Å². The average molecular weight is 339 g/mol. The monoisotopic (exact) mass is 339 g/mol. The van der Waals surface area contributed by atoms with Crippen LogP contribution in [-0.2, 0) is 11.2 Å². The Morgan fingerprint density at radius 3 is 2.64 bits per heavy atom. The molecule has 2 aromatic rings. The number of nitrogens with zero attached hydrogens (tertiary/aromatic N) is 4. The van der Waals surface area contributed by atoms with E-state index in [2.05, 4.69) is 27.0 Å². The summed E-state index contributed by atoms with van der Waals surface area (Å²) in [5, 5.41) is 0. The van der Waals surface area contributed by atoms with Crippen LogP contribution in [0.2, 0.25) is 0 Å². The van der Waals surface area contributed by atoms with Crippen LogP contribution in [0.1, 0.15) is 16.1 Å². The van der Waals surface area contributed by atoms with Gasteiger partial charge in [-0.3, -0.25) is 19.5 Å². The van der Waals surface area contributed by atoms with Gasteiger partial charge in [-0.15, -0.1) is 0 Å². The Balaban J connectivity index is 1.64. The van der Waals surface area contributed by atoms with Gasteiger partial charge in [-0.1, -0.05) is 30.3 Å². The largest absolute Gasteiger partial charge is 0.368 e. The highest BCUT2D eigenvalue weighted by molar-refractivity contribution is 5.95. The van der Waals surface area contributed by atoms with E-state index < -0.39 is 11.9 Å². The first-order valence-corrected chi connectivity index (χ1v) is 8.28. The highest BCUT2D eigenvalue weighted by Gasteiger charge is 2.34. The van der Waals surface area contributed by atoms with Crippen LogP contribution < -0.4 is 5.73 Å². The third kappa shape index (κ3) is 4.19. The molecule has 1 unspecified atom stereocenters. The van der Waals surface area contributed by atoms with Crippen LogP contribution in [0.15, 0.2) is 48.9 Å². The third-order valence-electron chi connectivity index (χ3n) is 4.40. The molecule has 25 heavy (non-hydrogen) atoms. The van der Waals surface area contributed by atoms with Crippen molar-refractivity contribution in [2.75, 3.05) is 26.2 Å². The zero-order valence-corrected chi connectivity index (χ0v) is 13.9. The van der Waals surface area contributed by atoms with Crippen LogP contribution in [0.5, 0.6) is 0 Å². The summed E-state index contributed by atoms with van der Waals surface area (Å²) >= 11 is 0. The van der Waals surface area contributed by atoms with Crippen LogP contribution in [0.3, 0.4) is 0 Å². The minimum absolute atomic E-state index is 0.228. The van der Waals surface area contributed by atoms with Gasteiger partial charge in [0.1, 0.15) is 11.7 Å². The molecule has 1 aromatic heterocycles. The second-order valence-corrected chi connectivity index (χ2v) is 6.04. The van der Waals surface area contributed by atoms with Gasteiger partial charge >= 0.3 is 0 Å². The minimum atomic E-state index is -0.654. The Bertz CT molecular complexity index is 723. The molecule has 2 heterocycles. The summed E-state index contributed by atoms with van der Waals surface area (Å²) in [5.74, 6) is -0.804. The van der Waals surface area contributed by atoms with Crippen molar-refractivity contribution in [2.45, 2.75) is 12.5 Å². The third-order valence-corrected chi connectivity index (χ3v) is 4.40. The molecule has 1 aliphatic rings. The van der Waals surface area contributed by atoms with Gasteiger partial charge in [0, 0.05) is 38.6 Å². The molecule has 0 radical (unpaired) electrons. The molecule has 0 spiro atoms. The predicted molar refractivity (Wildman–Crippen MR) is 92.6 cm³/mol. The quantitative estimate of drug-likeness (QED) is 0.847. The SMILES string of the molecule is NC(=O)C1CN(CCc2ccccc2)CCN1C(=O)c1cnccn1. The van der Waals surface area contributed by atoms with Crippen LogP contribution in [0.25, 0.3) is 0 Å². The lowest BCUT2D eigenvalue weighted by Gasteiger charge is -2.39. The molecule has 1 fully saturated rings. The molecular weight excluding hydrogens is 318 g/mol. The molecular formula is C18H21N5O2. The van der Waals surface area contributed by atoms with Gasteiger partial charge in [-0.2, -0.15) is 0 Å². The lowest BCUT2D eigenvalue weighted by Crippen LogP contribution is -2.60. The lowest BCUT2D eigenvalue weighted by atomic mass is 10.1. The molecule has 7 nitrogen and oxygen atoms in total. The fraction of sp³-hybridized carbons (Fsp3) is 0.333. The highest BCUT2D eigenvalue weighted by Crippen LogP contribution is 2.14. The molecule has 1 aromatic carbocycles. The fourth-order valence-electron chi connectivity index (χ4n) is 3.02. The van der Waals surface area contributed by atoms with Crippen molar-refractivity contribution in [2.24, 2.45) is 5.73 Å². The molecule has 0 aliphatic carbocycles. The molecule has 2 amide bonds. The molecule has 1 aliphatic heterocycles. The van der Waals surface area contributed by atoms with E-state index in [4.69, 9.17) is 5.73 Å². The predicted octanol–water partition coefficient (Wildman–Crippen LogP) is 0.331. The molecule has 3 rings (SSSR count). The van der Waals surface area contributed by atoms with Crippen molar-refractivity contribution in [3.05, 3.63) is 60.2 Å². The Labute approximate surface area is 146 Å². The van der Waals surface area contributed by atoms with Crippen molar-refractivity contribution in [1.29, 1.82) is 0 Å². The van der Waals surface area contributed by atoms with Crippen molar-refractivity contribution in [3.8, 4) is 0 Å². The maximum atomic E-state index is 12.6. The van der Waals surface area contributed by atoms with Gasteiger partial charge in [-0.25, -0.2) is 4.98 Å². The summed E-state index contributed by atoms with van der Waals surface area (Å²) < 4.78 is 0. The number of amides is 2. The van der Waals surface area contributed by atoms with E-state index in [1.807, 2.05) is 18.2 Å². The number of nitrogens with two attached hydrogens (primary N) is 1. The first-order chi connectivity index (χ1) is 12.1. The summed E-state index contributed by atoms with van der Waals surface area (Å²) in [6, 6.07) is 9.53. The number of primary amides is 1. The van der Waals surface area contributed by atoms with Crippen molar-refractivity contribution < 1.29 is 9.59 Å². The maximum absolute atomic E-state index is 12.6. The topological polar surface area (TPSA) is 92.4 Å². The first-order valence-electron chi connectivity index (χ1n) is 8.28. The second kappa shape index (κ2) is 7.85. The van der Waals surface area contributed by atoms with E-state index in [0.29, 0.717) is 19.6 Å². The van der Waals surface area contributed by atoms with Crippen LogP contribution in [0.4, 0.5) is 0 Å². The Morgan fingerprint density at radius 1 is 1.16 bits per heavy atom. The number of hydrogen-bond donors (Lipinski definition) is 1. The second-order valence-electron chi connectivity index (χ2n) is 6.04. The van der Waals surface area contributed by atoms with Gasteiger partial charge in [-0.05, 0) is 12.0 Å². The van der Waals surface area contributed by atoms with Gasteiger partial charge in [0.05, 0.1) is 6.20 Å². The van der Waals surface area contributed by atoms with Crippen molar-refractivity contribution in [3.63, 3.8) is 0 Å². The Hall–Kier alpha value is -2.80. The molecule has 130 valence electrons. The Morgan fingerprint density at radius 2 is 1.96 bits per heavy atom. The van der Waals surface area contributed by atoms with E-state index in [1.54, 1.807) is 0 Å². The van der Waals surface area contributed by atoms with Gasteiger partial charge in [0.25, 0.3) is 5.91 Å². The van der Waals surface area contributed by atoms with Crippen LogP contribution in [0, 0.1) is 0 Å². The number of benzene rings is 1. The maximum Gasteiger partial charge on any atom is 0.274 e. The number of rotatable bonds is 5. The Kier molecular flexibility index (Phi) is 5.35. The summed E-state index contributed by atoms with van der Waals surface area (Å²) in [5.41, 5.74) is 7.02. The van der Waals surface area contributed by atoms with Crippen LogP contribution >= 0.6 is 0 Å². The number of hydrogen-bond acceptors (Lipinski definition) is 5. The van der Waals surface area contributed by atoms with Gasteiger partial charge in [0.2, 0.25) is 5.91 Å². The molecule has 0 saturated carbocycles. The molecule has 1 saturated heterocycles. The summed E-state index contributed by atoms with van der Waals surface area (Å²) in [6.45, 7) is 2.40. The number of piperazine rings is 1. The van der Waals surface area contributed by atoms with Gasteiger partial charge < -0.3 is 10.6 Å². The summed E-state index contributed by atoms with van der Waals surface area (Å²) in [6.07, 6.45) is 5.26. The molecule has 7 heteroatoms. The molecule has 0 bridgehead atoms. The standard InChI is InChI=1S/C18H21N5O2/c19-17(24)16-13-22(9-6-14-4-2-1-3-5-14)10-11-23(16)18(25)15-12-20-7-8-21-15/h1-5,7-8,12,16H,6,9-11,13H2,(H2,19,24). The highest BCUT2D eigenvalue weighted by atomic mass is 16.2. The fourth-order valence-corrected chi connectivity index (χ4v) is 3.02. The average Bonchev–Trinajstić information content (AvgIpc) is 2.67. The number of aromatic nitrogens is 2. The van der Waals surface area contributed by atoms with Crippen molar-refractivity contribution in [1.82, 2.24) is 19.8 Å². The number of carbonyl (C=O) groups excluding carboxylic acids is 2. The van der Waals surface area contributed by atoms with E-state index in [-0.39, 0.29) is 11.6 Å². The van der Waals surface area contributed by atoms with E-state index in [9.17, 15) is 9.59 Å². The zero-order valence-electron chi connectivity index (χ0n) is 13.9. The van der Waals surface area contributed by atoms with E-state index in [0.717, 1.165) is 13.0 Å². The summed E-state index contributed by atoms with van der Waals surface area (Å²) in [7, 11) is 0. The lowest BCUT2D eigenvalue weighted by molar-refractivity contribution is -0.124. The normalized spacial score (nSPS) is 18.1. The van der Waals surface area contributed by atoms with Crippen LogP contribution in [-0.4, -0.2) is 63.8 Å². The number of carbonyl (C=O) groups is 2. The summed E-state index contributed by atoms with van der Waals surface area (Å²) in [4.78, 5) is 36.1. The van der Waals surface area contributed by atoms with Gasteiger partial charge in [0.15, 0.2) is 0 Å².